The Balaban J connectivity index is 1.54. The van der Waals surface area contributed by atoms with Crippen LogP contribution in [0.4, 0.5) is 0 Å². The highest BCUT2D eigenvalue weighted by Gasteiger charge is 2.40. The molecule has 1 amide bonds. The first kappa shape index (κ1) is 23.7. The molecule has 1 aromatic heterocycles. The monoisotopic (exact) mass is 451 g/mol. The number of nitrogens with one attached hydrogen (secondary N) is 1. The molecule has 1 aromatic carbocycles. The summed E-state index contributed by atoms with van der Waals surface area (Å²) in [4.78, 5) is 28.3. The van der Waals surface area contributed by atoms with Crippen LogP contribution in [0.1, 0.15) is 53.9 Å². The zero-order valence-corrected chi connectivity index (χ0v) is 20.2. The van der Waals surface area contributed by atoms with Gasteiger partial charge >= 0.3 is 0 Å². The summed E-state index contributed by atoms with van der Waals surface area (Å²) in [5.41, 5.74) is 4.72. The first-order valence-corrected chi connectivity index (χ1v) is 12.2. The molecule has 1 aliphatic carbocycles. The van der Waals surface area contributed by atoms with Gasteiger partial charge in [0, 0.05) is 52.2 Å². The lowest BCUT2D eigenvalue weighted by molar-refractivity contribution is -0.138. The molecular formula is C27H37N3O3. The van der Waals surface area contributed by atoms with Crippen molar-refractivity contribution in [2.75, 3.05) is 26.8 Å². The summed E-state index contributed by atoms with van der Waals surface area (Å²) < 4.78 is 6.79. The Hall–Kier alpha value is -2.44. The van der Waals surface area contributed by atoms with E-state index in [1.54, 1.807) is 24.8 Å². The molecule has 1 aliphatic heterocycles. The van der Waals surface area contributed by atoms with Gasteiger partial charge in [-0.3, -0.25) is 9.59 Å². The number of benzene rings is 1. The number of rotatable bonds is 9. The van der Waals surface area contributed by atoms with E-state index in [0.717, 1.165) is 50.8 Å². The molecule has 2 fully saturated rings. The second kappa shape index (κ2) is 10.7. The molecule has 2 heterocycles. The number of methoxy groups -OCH3 is 1. The van der Waals surface area contributed by atoms with Crippen LogP contribution in [-0.4, -0.2) is 48.2 Å². The highest BCUT2D eigenvalue weighted by atomic mass is 16.5. The van der Waals surface area contributed by atoms with Crippen LogP contribution in [0.25, 0.3) is 0 Å². The van der Waals surface area contributed by atoms with Gasteiger partial charge in [-0.25, -0.2) is 0 Å². The fourth-order valence-electron chi connectivity index (χ4n) is 5.10. The van der Waals surface area contributed by atoms with Gasteiger partial charge < -0.3 is 19.5 Å². The van der Waals surface area contributed by atoms with Crippen molar-refractivity contribution < 1.29 is 9.53 Å². The Morgan fingerprint density at radius 2 is 1.97 bits per heavy atom. The predicted molar refractivity (Wildman–Crippen MR) is 130 cm³/mol. The molecule has 0 spiro atoms. The molecule has 2 aliphatic rings. The van der Waals surface area contributed by atoms with Crippen LogP contribution in [0.2, 0.25) is 0 Å². The molecular weight excluding hydrogens is 414 g/mol. The molecule has 1 saturated heterocycles. The van der Waals surface area contributed by atoms with Crippen LogP contribution < -0.4 is 10.9 Å². The number of aromatic nitrogens is 1. The van der Waals surface area contributed by atoms with Crippen LogP contribution in [0.3, 0.4) is 0 Å². The van der Waals surface area contributed by atoms with E-state index < -0.39 is 0 Å². The van der Waals surface area contributed by atoms with Gasteiger partial charge in [0.1, 0.15) is 0 Å². The predicted octanol–water partition coefficient (Wildman–Crippen LogP) is 3.16. The van der Waals surface area contributed by atoms with Crippen LogP contribution in [0, 0.1) is 12.8 Å². The number of carbonyl (C=O) groups excluding carboxylic acids is 1. The smallest absolute Gasteiger partial charge is 0.250 e. The van der Waals surface area contributed by atoms with Crippen molar-refractivity contribution in [1.82, 2.24) is 14.8 Å². The number of aryl methyl sites for hydroxylation is 3. The van der Waals surface area contributed by atoms with Crippen LogP contribution in [-0.2, 0) is 29.5 Å². The molecule has 2 aromatic rings. The fraction of sp³-hybridized carbons (Fsp3) is 0.556. The number of hydrogen-bond acceptors (Lipinski definition) is 4. The minimum atomic E-state index is -0.141. The van der Waals surface area contributed by atoms with Gasteiger partial charge in [0.15, 0.2) is 0 Å². The van der Waals surface area contributed by atoms with Gasteiger partial charge in [-0.05, 0) is 74.2 Å². The zero-order valence-electron chi connectivity index (χ0n) is 20.2. The fourth-order valence-corrected chi connectivity index (χ4v) is 5.10. The largest absolute Gasteiger partial charge is 0.385 e. The lowest BCUT2D eigenvalue weighted by atomic mass is 9.80. The maximum Gasteiger partial charge on any atom is 0.250 e. The lowest BCUT2D eigenvalue weighted by Gasteiger charge is -2.36. The quantitative estimate of drug-likeness (QED) is 0.595. The van der Waals surface area contributed by atoms with Gasteiger partial charge in [-0.2, -0.15) is 0 Å². The molecule has 33 heavy (non-hydrogen) atoms. The van der Waals surface area contributed by atoms with Crippen molar-refractivity contribution in [2.45, 2.75) is 57.5 Å². The van der Waals surface area contributed by atoms with Crippen molar-refractivity contribution in [1.29, 1.82) is 0 Å². The Bertz CT molecular complexity index is 1030. The van der Waals surface area contributed by atoms with E-state index in [9.17, 15) is 9.59 Å². The summed E-state index contributed by atoms with van der Waals surface area (Å²) in [6.07, 6.45) is 6.83. The molecule has 1 N–H and O–H groups in total. The number of amides is 1. The molecule has 2 atom stereocenters. The first-order chi connectivity index (χ1) is 16.0. The molecule has 6 heteroatoms. The van der Waals surface area contributed by atoms with Gasteiger partial charge in [0.25, 0.3) is 5.56 Å². The number of carbonyl (C=O) groups is 1. The normalized spacial score (nSPS) is 20.6. The van der Waals surface area contributed by atoms with Gasteiger partial charge in [-0.15, -0.1) is 0 Å². The molecule has 0 bridgehead atoms. The second-order valence-corrected chi connectivity index (χ2v) is 9.74. The lowest BCUT2D eigenvalue weighted by Crippen LogP contribution is -2.47. The molecule has 178 valence electrons. The maximum absolute atomic E-state index is 13.9. The van der Waals surface area contributed by atoms with Crippen molar-refractivity contribution in [3.63, 3.8) is 0 Å². The second-order valence-electron chi connectivity index (χ2n) is 9.74. The van der Waals surface area contributed by atoms with Crippen molar-refractivity contribution in [3.05, 3.63) is 69.1 Å². The standard InChI is InChI=1S/C27H37N3O3/c1-19-13-20(5-4-12-33-3)15-21(14-19)18-30(23-6-7-23)27(32)25-17-28-10-8-24(25)22-9-11-29(2)26(31)16-22/h9,11,13-16,23-25,28H,4-8,10,12,17-18H2,1-3H3/t24-,25+/m1/s1. The van der Waals surface area contributed by atoms with E-state index >= 15 is 0 Å². The number of pyridine rings is 1. The van der Waals surface area contributed by atoms with Crippen LogP contribution in [0.5, 0.6) is 0 Å². The van der Waals surface area contributed by atoms with Gasteiger partial charge in [-0.1, -0.05) is 23.8 Å². The molecule has 0 radical (unpaired) electrons. The van der Waals surface area contributed by atoms with E-state index in [0.29, 0.717) is 19.1 Å². The van der Waals surface area contributed by atoms with Crippen molar-refractivity contribution in [2.24, 2.45) is 13.0 Å². The van der Waals surface area contributed by atoms with E-state index in [1.165, 1.54) is 16.7 Å². The van der Waals surface area contributed by atoms with Gasteiger partial charge in [0.2, 0.25) is 5.91 Å². The molecule has 1 saturated carbocycles. The molecule has 6 nitrogen and oxygen atoms in total. The topological polar surface area (TPSA) is 63.6 Å². The third-order valence-corrected chi connectivity index (χ3v) is 6.99. The summed E-state index contributed by atoms with van der Waals surface area (Å²) in [7, 11) is 3.50. The minimum Gasteiger partial charge on any atom is -0.385 e. The van der Waals surface area contributed by atoms with E-state index in [-0.39, 0.29) is 23.3 Å². The molecule has 4 rings (SSSR count). The summed E-state index contributed by atoms with van der Waals surface area (Å²) in [5.74, 6) is 0.159. The number of nitrogens with zero attached hydrogens (tertiary/aromatic N) is 2. The Kier molecular flexibility index (Phi) is 7.66. The first-order valence-electron chi connectivity index (χ1n) is 12.2. The third-order valence-electron chi connectivity index (χ3n) is 6.99. The maximum atomic E-state index is 13.9. The zero-order chi connectivity index (χ0) is 23.4. The average molecular weight is 452 g/mol. The summed E-state index contributed by atoms with van der Waals surface area (Å²) >= 11 is 0. The number of ether oxygens (including phenoxy) is 1. The Labute approximate surface area is 196 Å². The number of hydrogen-bond donors (Lipinski definition) is 1. The third kappa shape index (κ3) is 5.92. The van der Waals surface area contributed by atoms with E-state index in [1.807, 2.05) is 12.3 Å². The van der Waals surface area contributed by atoms with E-state index in [4.69, 9.17) is 4.74 Å². The molecule has 0 unspecified atom stereocenters. The number of piperidine rings is 1. The summed E-state index contributed by atoms with van der Waals surface area (Å²) in [6.45, 7) is 5.08. The highest BCUT2D eigenvalue weighted by Crippen LogP contribution is 2.36. The SMILES string of the molecule is COCCCc1cc(C)cc(CN(C(=O)[C@H]2CNCC[C@@H]2c2ccn(C)c(=O)c2)C2CC2)c1. The van der Waals surface area contributed by atoms with Crippen LogP contribution in [0.15, 0.2) is 41.3 Å². The minimum absolute atomic E-state index is 0.0166. The van der Waals surface area contributed by atoms with Crippen LogP contribution >= 0.6 is 0 Å². The summed E-state index contributed by atoms with van der Waals surface area (Å²) in [6, 6.07) is 10.7. The highest BCUT2D eigenvalue weighted by molar-refractivity contribution is 5.81. The Morgan fingerprint density at radius 1 is 1.18 bits per heavy atom. The average Bonchev–Trinajstić information content (AvgIpc) is 3.64. The van der Waals surface area contributed by atoms with Crippen molar-refractivity contribution >= 4 is 5.91 Å². The Morgan fingerprint density at radius 3 is 2.70 bits per heavy atom. The van der Waals surface area contributed by atoms with Gasteiger partial charge in [0.05, 0.1) is 5.92 Å². The summed E-state index contributed by atoms with van der Waals surface area (Å²) in [5, 5.41) is 3.42. The van der Waals surface area contributed by atoms with Crippen molar-refractivity contribution in [3.8, 4) is 0 Å². The van der Waals surface area contributed by atoms with E-state index in [2.05, 4.69) is 35.3 Å².